The van der Waals surface area contributed by atoms with Crippen molar-refractivity contribution in [1.29, 1.82) is 0 Å². The van der Waals surface area contributed by atoms with Gasteiger partial charge in [0.2, 0.25) is 0 Å². The van der Waals surface area contributed by atoms with E-state index in [4.69, 9.17) is 18.0 Å². The van der Waals surface area contributed by atoms with Crippen LogP contribution in [-0.4, -0.2) is 16.4 Å². The highest BCUT2D eigenvalue weighted by molar-refractivity contribution is 7.80. The summed E-state index contributed by atoms with van der Waals surface area (Å²) in [5.41, 5.74) is 4.35. The van der Waals surface area contributed by atoms with E-state index in [9.17, 15) is 18.0 Å². The van der Waals surface area contributed by atoms with Crippen molar-refractivity contribution in [3.63, 3.8) is 0 Å². The van der Waals surface area contributed by atoms with Crippen LogP contribution >= 0.6 is 12.2 Å². The molecule has 0 aliphatic heterocycles. The second kappa shape index (κ2) is 6.21. The number of carbonyl (C=O) groups is 1. The molecule has 110 valence electrons. The van der Waals surface area contributed by atoms with Gasteiger partial charge in [0.05, 0.1) is 10.5 Å². The molecule has 7 heteroatoms. The van der Waals surface area contributed by atoms with Gasteiger partial charge in [-0.25, -0.2) is 13.2 Å². The SMILES string of the molecule is CCC(CC)(NC(=O)c1cc(F)c(F)c(F)c1)C(N)=S. The lowest BCUT2D eigenvalue weighted by molar-refractivity contribution is 0.0918. The highest BCUT2D eigenvalue weighted by atomic mass is 32.1. The van der Waals surface area contributed by atoms with Gasteiger partial charge in [0.1, 0.15) is 0 Å². The molecular weight excluding hydrogens is 289 g/mol. The number of nitrogens with one attached hydrogen (secondary N) is 1. The Morgan fingerprint density at radius 1 is 1.25 bits per heavy atom. The minimum Gasteiger partial charge on any atom is -0.391 e. The van der Waals surface area contributed by atoms with Crippen molar-refractivity contribution in [2.24, 2.45) is 5.73 Å². The lowest BCUT2D eigenvalue weighted by Gasteiger charge is -2.31. The van der Waals surface area contributed by atoms with Crippen LogP contribution in [0.15, 0.2) is 12.1 Å². The molecule has 1 aromatic carbocycles. The topological polar surface area (TPSA) is 55.1 Å². The van der Waals surface area contributed by atoms with Crippen molar-refractivity contribution in [2.75, 3.05) is 0 Å². The lowest BCUT2D eigenvalue weighted by Crippen LogP contribution is -2.56. The molecule has 3 nitrogen and oxygen atoms in total. The molecule has 1 rings (SSSR count). The first-order valence-electron chi connectivity index (χ1n) is 6.04. The van der Waals surface area contributed by atoms with Crippen molar-refractivity contribution in [2.45, 2.75) is 32.2 Å². The summed E-state index contributed by atoms with van der Waals surface area (Å²) in [5.74, 6) is -5.24. The van der Waals surface area contributed by atoms with Gasteiger partial charge in [-0.3, -0.25) is 4.79 Å². The van der Waals surface area contributed by atoms with Crippen molar-refractivity contribution >= 4 is 23.1 Å². The number of thiocarbonyl (C=S) groups is 1. The Morgan fingerprint density at radius 2 is 1.70 bits per heavy atom. The van der Waals surface area contributed by atoms with E-state index in [0.717, 1.165) is 0 Å². The van der Waals surface area contributed by atoms with Gasteiger partial charge >= 0.3 is 0 Å². The molecule has 20 heavy (non-hydrogen) atoms. The second-order valence-corrected chi connectivity index (χ2v) is 4.80. The van der Waals surface area contributed by atoms with E-state index < -0.39 is 28.9 Å². The summed E-state index contributed by atoms with van der Waals surface area (Å²) in [6, 6.07) is 1.26. The third kappa shape index (κ3) is 3.09. The molecule has 0 aromatic heterocycles. The van der Waals surface area contributed by atoms with Gasteiger partial charge in [-0.05, 0) is 25.0 Å². The molecule has 1 aromatic rings. The molecule has 0 unspecified atom stereocenters. The lowest BCUT2D eigenvalue weighted by atomic mass is 9.92. The van der Waals surface area contributed by atoms with Crippen LogP contribution in [0.5, 0.6) is 0 Å². The smallest absolute Gasteiger partial charge is 0.252 e. The minimum atomic E-state index is -1.62. The van der Waals surface area contributed by atoms with E-state index in [2.05, 4.69) is 5.32 Å². The molecule has 1 amide bonds. The van der Waals surface area contributed by atoms with Crippen LogP contribution in [0.2, 0.25) is 0 Å². The van der Waals surface area contributed by atoms with Gasteiger partial charge in [-0.15, -0.1) is 0 Å². The first kappa shape index (κ1) is 16.4. The molecule has 0 spiro atoms. The van der Waals surface area contributed by atoms with Gasteiger partial charge in [0, 0.05) is 5.56 Å². The fraction of sp³-hybridized carbons (Fsp3) is 0.385. The average Bonchev–Trinajstić information content (AvgIpc) is 2.41. The van der Waals surface area contributed by atoms with E-state index in [1.54, 1.807) is 13.8 Å². The molecular formula is C13H15F3N2OS. The van der Waals surface area contributed by atoms with Gasteiger partial charge in [0.15, 0.2) is 17.5 Å². The summed E-state index contributed by atoms with van der Waals surface area (Å²) in [7, 11) is 0. The van der Waals surface area contributed by atoms with Gasteiger partial charge in [0.25, 0.3) is 5.91 Å². The van der Waals surface area contributed by atoms with Gasteiger partial charge in [-0.2, -0.15) is 0 Å². The molecule has 0 heterocycles. The predicted octanol–water partition coefficient (Wildman–Crippen LogP) is 2.68. The van der Waals surface area contributed by atoms with Crippen LogP contribution in [0.4, 0.5) is 13.2 Å². The summed E-state index contributed by atoms with van der Waals surface area (Å²) in [6.45, 7) is 3.55. The van der Waals surface area contributed by atoms with Crippen LogP contribution in [-0.2, 0) is 0 Å². The summed E-state index contributed by atoms with van der Waals surface area (Å²) < 4.78 is 39.1. The summed E-state index contributed by atoms with van der Waals surface area (Å²) >= 11 is 4.92. The van der Waals surface area contributed by atoms with Crippen molar-refractivity contribution in [3.8, 4) is 0 Å². The third-order valence-corrected chi connectivity index (χ3v) is 3.67. The molecule has 0 bridgehead atoms. The number of carbonyl (C=O) groups excluding carboxylic acids is 1. The van der Waals surface area contributed by atoms with Crippen LogP contribution in [0.3, 0.4) is 0 Å². The van der Waals surface area contributed by atoms with Crippen molar-refractivity contribution < 1.29 is 18.0 Å². The Balaban J connectivity index is 3.10. The fourth-order valence-corrected chi connectivity index (χ4v) is 2.15. The van der Waals surface area contributed by atoms with E-state index in [0.29, 0.717) is 25.0 Å². The standard InChI is InChI=1S/C13H15F3N2OS/c1-3-13(4-2,12(17)20)18-11(19)7-5-8(14)10(16)9(15)6-7/h5-6H,3-4H2,1-2H3,(H2,17,20)(H,18,19). The molecule has 0 atom stereocenters. The zero-order valence-electron chi connectivity index (χ0n) is 11.1. The monoisotopic (exact) mass is 304 g/mol. The predicted molar refractivity (Wildman–Crippen MR) is 73.9 cm³/mol. The summed E-state index contributed by atoms with van der Waals surface area (Å²) in [6.07, 6.45) is 0.855. The zero-order valence-corrected chi connectivity index (χ0v) is 11.9. The Kier molecular flexibility index (Phi) is 5.10. The van der Waals surface area contributed by atoms with E-state index in [-0.39, 0.29) is 10.6 Å². The third-order valence-electron chi connectivity index (χ3n) is 3.28. The molecule has 3 N–H and O–H groups in total. The second-order valence-electron chi connectivity index (χ2n) is 4.36. The number of hydrogen-bond donors (Lipinski definition) is 2. The quantitative estimate of drug-likeness (QED) is 0.649. The Morgan fingerprint density at radius 3 is 2.05 bits per heavy atom. The van der Waals surface area contributed by atoms with Gasteiger partial charge < -0.3 is 11.1 Å². The number of benzene rings is 1. The van der Waals surface area contributed by atoms with Gasteiger partial charge in [-0.1, -0.05) is 26.1 Å². The molecule has 0 radical (unpaired) electrons. The molecule has 0 aliphatic rings. The minimum absolute atomic E-state index is 0.0823. The first-order valence-corrected chi connectivity index (χ1v) is 6.45. The molecule has 0 saturated carbocycles. The van der Waals surface area contributed by atoms with Crippen LogP contribution in [0.25, 0.3) is 0 Å². The van der Waals surface area contributed by atoms with Crippen molar-refractivity contribution in [1.82, 2.24) is 5.32 Å². The highest BCUT2D eigenvalue weighted by Gasteiger charge is 2.32. The molecule has 0 fully saturated rings. The number of nitrogens with two attached hydrogens (primary N) is 1. The maximum absolute atomic E-state index is 13.1. The number of halogens is 3. The average molecular weight is 304 g/mol. The number of hydrogen-bond acceptors (Lipinski definition) is 2. The molecule has 0 aliphatic carbocycles. The Hall–Kier alpha value is -1.63. The van der Waals surface area contributed by atoms with E-state index in [1.165, 1.54) is 0 Å². The normalized spacial score (nSPS) is 11.2. The number of amides is 1. The highest BCUT2D eigenvalue weighted by Crippen LogP contribution is 2.18. The first-order chi connectivity index (χ1) is 9.27. The Bertz CT molecular complexity index is 521. The van der Waals surface area contributed by atoms with E-state index >= 15 is 0 Å². The maximum atomic E-state index is 13.1. The van der Waals surface area contributed by atoms with E-state index in [1.807, 2.05) is 0 Å². The van der Waals surface area contributed by atoms with Crippen molar-refractivity contribution in [3.05, 3.63) is 35.1 Å². The molecule has 0 saturated heterocycles. The summed E-state index contributed by atoms with van der Waals surface area (Å²) in [4.78, 5) is 12.1. The van der Waals surface area contributed by atoms with Crippen LogP contribution in [0, 0.1) is 17.5 Å². The van der Waals surface area contributed by atoms with Crippen LogP contribution < -0.4 is 11.1 Å². The maximum Gasteiger partial charge on any atom is 0.252 e. The summed E-state index contributed by atoms with van der Waals surface area (Å²) in [5, 5.41) is 2.56. The fourth-order valence-electron chi connectivity index (χ4n) is 1.81. The largest absolute Gasteiger partial charge is 0.391 e. The zero-order chi connectivity index (χ0) is 15.5. The number of rotatable bonds is 5. The Labute approximate surface area is 120 Å². The van der Waals surface area contributed by atoms with Crippen LogP contribution in [0.1, 0.15) is 37.0 Å².